The fraction of sp³-hybridized carbons (Fsp3) is 0.438. The average molecular weight is 333 g/mol. The third kappa shape index (κ3) is 3.23. The van der Waals surface area contributed by atoms with Crippen LogP contribution in [0.2, 0.25) is 5.15 Å². The molecule has 23 heavy (non-hydrogen) atoms. The minimum absolute atomic E-state index is 0.371. The Morgan fingerprint density at radius 2 is 2.35 bits per heavy atom. The summed E-state index contributed by atoms with van der Waals surface area (Å²) in [5, 5.41) is 16.0. The van der Waals surface area contributed by atoms with Crippen molar-refractivity contribution in [3.63, 3.8) is 0 Å². The van der Waals surface area contributed by atoms with Gasteiger partial charge >= 0.3 is 0 Å². The number of aromatic nitrogens is 3. The highest BCUT2D eigenvalue weighted by Crippen LogP contribution is 2.27. The summed E-state index contributed by atoms with van der Waals surface area (Å²) in [6.45, 7) is 1.99. The SMILES string of the molecule is CN(C)/C=C(\C=N)c1cnn2c(Cl)cc(C3CCCNC3)nc12. The standard InChI is InChI=1S/C16H21ClN6/c1-22(2)10-12(7-18)13-9-20-23-15(17)6-14(21-16(13)23)11-4-3-5-19-8-11/h6-7,9-11,18-19H,3-5,8H2,1-2H3/b12-10+,18-7?. The predicted molar refractivity (Wildman–Crippen MR) is 93.3 cm³/mol. The first-order chi connectivity index (χ1) is 11.1. The summed E-state index contributed by atoms with van der Waals surface area (Å²) in [6.07, 6.45) is 7.18. The van der Waals surface area contributed by atoms with Gasteiger partial charge in [0.15, 0.2) is 5.65 Å². The van der Waals surface area contributed by atoms with Gasteiger partial charge in [0.2, 0.25) is 0 Å². The van der Waals surface area contributed by atoms with Crippen LogP contribution in [0.5, 0.6) is 0 Å². The maximum atomic E-state index is 7.68. The van der Waals surface area contributed by atoms with E-state index < -0.39 is 0 Å². The van der Waals surface area contributed by atoms with Crippen LogP contribution in [-0.4, -0.2) is 52.9 Å². The van der Waals surface area contributed by atoms with Crippen molar-refractivity contribution in [3.05, 3.63) is 34.9 Å². The van der Waals surface area contributed by atoms with Crippen molar-refractivity contribution < 1.29 is 0 Å². The van der Waals surface area contributed by atoms with E-state index in [1.807, 2.05) is 31.3 Å². The Balaban J connectivity index is 2.10. The molecule has 7 heteroatoms. The molecule has 0 spiro atoms. The topological polar surface area (TPSA) is 69.3 Å². The summed E-state index contributed by atoms with van der Waals surface area (Å²) in [4.78, 5) is 6.71. The molecule has 1 aliphatic rings. The molecule has 1 fully saturated rings. The maximum absolute atomic E-state index is 7.68. The third-order valence-corrected chi connectivity index (χ3v) is 4.30. The van der Waals surface area contributed by atoms with E-state index >= 15 is 0 Å². The quantitative estimate of drug-likeness (QED) is 0.666. The van der Waals surface area contributed by atoms with Crippen LogP contribution in [-0.2, 0) is 0 Å². The number of nitrogens with one attached hydrogen (secondary N) is 2. The van der Waals surface area contributed by atoms with Gasteiger partial charge < -0.3 is 15.6 Å². The number of fused-ring (bicyclic) bond motifs is 1. The van der Waals surface area contributed by atoms with E-state index in [0.717, 1.165) is 42.8 Å². The van der Waals surface area contributed by atoms with Gasteiger partial charge in [-0.05, 0) is 25.5 Å². The zero-order valence-corrected chi connectivity index (χ0v) is 14.1. The maximum Gasteiger partial charge on any atom is 0.164 e. The van der Waals surface area contributed by atoms with E-state index in [9.17, 15) is 0 Å². The highest BCUT2D eigenvalue weighted by molar-refractivity contribution is 6.29. The molecule has 3 heterocycles. The van der Waals surface area contributed by atoms with E-state index in [1.54, 1.807) is 10.7 Å². The predicted octanol–water partition coefficient (Wildman–Crippen LogP) is 2.40. The Kier molecular flexibility index (Phi) is 4.63. The summed E-state index contributed by atoms with van der Waals surface area (Å²) < 4.78 is 1.63. The molecular weight excluding hydrogens is 312 g/mol. The second-order valence-corrected chi connectivity index (χ2v) is 6.42. The second kappa shape index (κ2) is 6.68. The number of nitrogens with zero attached hydrogens (tertiary/aromatic N) is 4. The fourth-order valence-electron chi connectivity index (χ4n) is 2.92. The zero-order valence-electron chi connectivity index (χ0n) is 13.4. The van der Waals surface area contributed by atoms with Crippen LogP contribution in [0.4, 0.5) is 0 Å². The van der Waals surface area contributed by atoms with Crippen LogP contribution in [0, 0.1) is 5.41 Å². The zero-order chi connectivity index (χ0) is 16.4. The van der Waals surface area contributed by atoms with E-state index in [-0.39, 0.29) is 0 Å². The third-order valence-electron chi connectivity index (χ3n) is 4.03. The summed E-state index contributed by atoms with van der Waals surface area (Å²) in [7, 11) is 3.85. The van der Waals surface area contributed by atoms with Gasteiger partial charge in [-0.3, -0.25) is 0 Å². The molecular formula is C16H21ClN6. The van der Waals surface area contributed by atoms with Gasteiger partial charge in [0, 0.05) is 50.1 Å². The number of piperidine rings is 1. The first-order valence-electron chi connectivity index (χ1n) is 7.74. The van der Waals surface area contributed by atoms with Crippen molar-refractivity contribution in [2.75, 3.05) is 27.2 Å². The lowest BCUT2D eigenvalue weighted by Gasteiger charge is -2.22. The van der Waals surface area contributed by atoms with Gasteiger partial charge in [-0.2, -0.15) is 5.10 Å². The van der Waals surface area contributed by atoms with Crippen LogP contribution in [0.3, 0.4) is 0 Å². The Bertz CT molecular complexity index is 742. The molecule has 3 rings (SSSR count). The summed E-state index contributed by atoms with van der Waals surface area (Å²) in [5.74, 6) is 0.371. The van der Waals surface area contributed by atoms with Gasteiger partial charge in [0.25, 0.3) is 0 Å². The summed E-state index contributed by atoms with van der Waals surface area (Å²) >= 11 is 6.40. The molecule has 1 aliphatic heterocycles. The first kappa shape index (κ1) is 16.0. The molecule has 0 aromatic carbocycles. The first-order valence-corrected chi connectivity index (χ1v) is 8.12. The van der Waals surface area contributed by atoms with E-state index in [1.165, 1.54) is 6.21 Å². The van der Waals surface area contributed by atoms with Crippen molar-refractivity contribution in [3.8, 4) is 0 Å². The molecule has 122 valence electrons. The smallest absolute Gasteiger partial charge is 0.164 e. The molecule has 2 N–H and O–H groups in total. The molecule has 0 saturated carbocycles. The van der Waals surface area contributed by atoms with Crippen molar-refractivity contribution in [2.45, 2.75) is 18.8 Å². The number of rotatable bonds is 4. The minimum atomic E-state index is 0.371. The van der Waals surface area contributed by atoms with E-state index in [4.69, 9.17) is 22.0 Å². The van der Waals surface area contributed by atoms with Crippen LogP contribution in [0.25, 0.3) is 11.2 Å². The lowest BCUT2D eigenvalue weighted by molar-refractivity contribution is 0.454. The van der Waals surface area contributed by atoms with Crippen LogP contribution < -0.4 is 5.32 Å². The van der Waals surface area contributed by atoms with Gasteiger partial charge in [0.1, 0.15) is 5.15 Å². The number of hydrogen-bond acceptors (Lipinski definition) is 5. The number of allylic oxidation sites excluding steroid dienone is 1. The largest absolute Gasteiger partial charge is 0.383 e. The molecule has 1 saturated heterocycles. The molecule has 1 unspecified atom stereocenters. The fourth-order valence-corrected chi connectivity index (χ4v) is 3.16. The lowest BCUT2D eigenvalue weighted by atomic mass is 9.96. The van der Waals surface area contributed by atoms with Gasteiger partial charge in [0.05, 0.1) is 11.9 Å². The Morgan fingerprint density at radius 3 is 3.00 bits per heavy atom. The van der Waals surface area contributed by atoms with E-state index in [2.05, 4.69) is 10.4 Å². The minimum Gasteiger partial charge on any atom is -0.383 e. The molecule has 2 aromatic rings. The lowest BCUT2D eigenvalue weighted by Crippen LogP contribution is -2.29. The Labute approximate surface area is 140 Å². The molecule has 2 aromatic heterocycles. The summed E-state index contributed by atoms with van der Waals surface area (Å²) in [6, 6.07) is 1.91. The molecule has 1 atom stereocenters. The van der Waals surface area contributed by atoms with Crippen LogP contribution >= 0.6 is 11.6 Å². The highest BCUT2D eigenvalue weighted by atomic mass is 35.5. The van der Waals surface area contributed by atoms with E-state index in [0.29, 0.717) is 16.7 Å². The molecule has 6 nitrogen and oxygen atoms in total. The average Bonchev–Trinajstić information content (AvgIpc) is 2.97. The van der Waals surface area contributed by atoms with Crippen molar-refractivity contribution >= 4 is 29.0 Å². The molecule has 0 bridgehead atoms. The van der Waals surface area contributed by atoms with Crippen molar-refractivity contribution in [2.24, 2.45) is 0 Å². The van der Waals surface area contributed by atoms with Crippen LogP contribution in [0.1, 0.15) is 30.0 Å². The summed E-state index contributed by atoms with van der Waals surface area (Å²) in [5.41, 5.74) is 3.27. The second-order valence-electron chi connectivity index (χ2n) is 6.03. The Hall–Kier alpha value is -1.92. The van der Waals surface area contributed by atoms with Gasteiger partial charge in [-0.15, -0.1) is 0 Å². The molecule has 0 aliphatic carbocycles. The molecule has 0 amide bonds. The monoisotopic (exact) mass is 332 g/mol. The van der Waals surface area contributed by atoms with Crippen molar-refractivity contribution in [1.82, 2.24) is 24.8 Å². The van der Waals surface area contributed by atoms with Crippen molar-refractivity contribution in [1.29, 1.82) is 5.41 Å². The Morgan fingerprint density at radius 1 is 1.52 bits per heavy atom. The number of halogens is 1. The number of hydrogen-bond donors (Lipinski definition) is 2. The normalized spacial score (nSPS) is 19.1. The van der Waals surface area contributed by atoms with Gasteiger partial charge in [-0.1, -0.05) is 11.6 Å². The highest BCUT2D eigenvalue weighted by Gasteiger charge is 2.20. The van der Waals surface area contributed by atoms with Crippen LogP contribution in [0.15, 0.2) is 18.5 Å². The molecule has 0 radical (unpaired) electrons. The van der Waals surface area contributed by atoms with Gasteiger partial charge in [-0.25, -0.2) is 9.50 Å².